The number of carbonyl (C=O) groups excluding carboxylic acids is 1. The average molecular weight is 224 g/mol. The summed E-state index contributed by atoms with van der Waals surface area (Å²) in [5.74, 6) is 0.277. The molecule has 1 aromatic carbocycles. The number of ether oxygens (including phenoxy) is 2. The zero-order chi connectivity index (χ0) is 12.0. The highest BCUT2D eigenvalue weighted by molar-refractivity contribution is 5.89. The highest BCUT2D eigenvalue weighted by Crippen LogP contribution is 2.14. The van der Waals surface area contributed by atoms with Crippen molar-refractivity contribution < 1.29 is 19.4 Å². The third-order valence-corrected chi connectivity index (χ3v) is 1.79. The lowest BCUT2D eigenvalue weighted by Gasteiger charge is -2.09. The first-order chi connectivity index (χ1) is 7.63. The van der Waals surface area contributed by atoms with Gasteiger partial charge in [-0.25, -0.2) is 4.79 Å². The molecule has 0 saturated carbocycles. The summed E-state index contributed by atoms with van der Waals surface area (Å²) in [6.07, 6.45) is 0.104. The molecule has 0 saturated heterocycles. The van der Waals surface area contributed by atoms with Gasteiger partial charge in [0, 0.05) is 0 Å². The molecule has 88 valence electrons. The maximum absolute atomic E-state index is 11.4. The molecule has 0 atom stereocenters. The van der Waals surface area contributed by atoms with Crippen molar-refractivity contribution in [2.75, 3.05) is 13.2 Å². The van der Waals surface area contributed by atoms with Crippen molar-refractivity contribution in [3.05, 3.63) is 29.8 Å². The van der Waals surface area contributed by atoms with Crippen LogP contribution in [0, 0.1) is 0 Å². The maximum Gasteiger partial charge on any atom is 0.338 e. The number of hydrogen-bond acceptors (Lipinski definition) is 4. The Bertz CT molecular complexity index is 329. The lowest BCUT2D eigenvalue weighted by atomic mass is 10.2. The lowest BCUT2D eigenvalue weighted by molar-refractivity contribution is 0.0433. The van der Waals surface area contributed by atoms with Crippen LogP contribution < -0.4 is 4.74 Å². The van der Waals surface area contributed by atoms with Crippen molar-refractivity contribution in [3.8, 4) is 5.75 Å². The smallest absolute Gasteiger partial charge is 0.338 e. The standard InChI is InChI=1S/C12H16O4/c1-9(2)16-11-5-3-10(4-6-11)12(14)15-8-7-13/h3-6,9,13H,7-8H2,1-2H3. The van der Waals surface area contributed by atoms with Crippen molar-refractivity contribution in [1.82, 2.24) is 0 Å². The molecule has 0 spiro atoms. The Balaban J connectivity index is 2.60. The minimum Gasteiger partial charge on any atom is -0.491 e. The Hall–Kier alpha value is -1.55. The molecule has 0 radical (unpaired) electrons. The van der Waals surface area contributed by atoms with E-state index in [4.69, 9.17) is 14.6 Å². The van der Waals surface area contributed by atoms with Gasteiger partial charge in [-0.05, 0) is 38.1 Å². The van der Waals surface area contributed by atoms with Crippen LogP contribution in [0.25, 0.3) is 0 Å². The van der Waals surface area contributed by atoms with E-state index in [2.05, 4.69) is 0 Å². The van der Waals surface area contributed by atoms with Gasteiger partial charge in [0.25, 0.3) is 0 Å². The van der Waals surface area contributed by atoms with Crippen molar-refractivity contribution >= 4 is 5.97 Å². The number of hydrogen-bond donors (Lipinski definition) is 1. The van der Waals surface area contributed by atoms with Crippen molar-refractivity contribution in [1.29, 1.82) is 0 Å². The van der Waals surface area contributed by atoms with Crippen LogP contribution in [0.1, 0.15) is 24.2 Å². The summed E-state index contributed by atoms with van der Waals surface area (Å²) in [5, 5.41) is 8.51. The highest BCUT2D eigenvalue weighted by atomic mass is 16.5. The summed E-state index contributed by atoms with van der Waals surface area (Å²) >= 11 is 0. The predicted molar refractivity (Wildman–Crippen MR) is 59.6 cm³/mol. The lowest BCUT2D eigenvalue weighted by Crippen LogP contribution is -2.09. The number of rotatable bonds is 5. The second-order valence-electron chi connectivity index (χ2n) is 3.55. The minimum absolute atomic E-state index is 0.0169. The first-order valence-corrected chi connectivity index (χ1v) is 5.18. The van der Waals surface area contributed by atoms with E-state index in [0.29, 0.717) is 11.3 Å². The van der Waals surface area contributed by atoms with Crippen LogP contribution in [0.3, 0.4) is 0 Å². The molecule has 1 rings (SSSR count). The van der Waals surface area contributed by atoms with Crippen LogP contribution in [-0.2, 0) is 4.74 Å². The van der Waals surface area contributed by atoms with Gasteiger partial charge in [-0.15, -0.1) is 0 Å². The zero-order valence-corrected chi connectivity index (χ0v) is 9.47. The number of benzene rings is 1. The molecule has 4 nitrogen and oxygen atoms in total. The molecule has 0 bridgehead atoms. The van der Waals surface area contributed by atoms with Gasteiger partial charge in [0.1, 0.15) is 12.4 Å². The zero-order valence-electron chi connectivity index (χ0n) is 9.47. The van der Waals surface area contributed by atoms with Gasteiger partial charge in [-0.2, -0.15) is 0 Å². The fourth-order valence-electron chi connectivity index (χ4n) is 1.16. The van der Waals surface area contributed by atoms with Gasteiger partial charge in [-0.1, -0.05) is 0 Å². The molecule has 0 unspecified atom stereocenters. The third-order valence-electron chi connectivity index (χ3n) is 1.79. The first kappa shape index (κ1) is 12.5. The van der Waals surface area contributed by atoms with Gasteiger partial charge in [0.15, 0.2) is 0 Å². The van der Waals surface area contributed by atoms with Crippen LogP contribution >= 0.6 is 0 Å². The minimum atomic E-state index is -0.440. The van der Waals surface area contributed by atoms with E-state index >= 15 is 0 Å². The maximum atomic E-state index is 11.4. The molecule has 0 aliphatic rings. The second kappa shape index (κ2) is 6.12. The Morgan fingerprint density at radius 3 is 2.44 bits per heavy atom. The Kier molecular flexibility index (Phi) is 4.79. The fraction of sp³-hybridized carbons (Fsp3) is 0.417. The van der Waals surface area contributed by atoms with E-state index in [1.54, 1.807) is 24.3 Å². The Morgan fingerprint density at radius 2 is 1.94 bits per heavy atom. The summed E-state index contributed by atoms with van der Waals surface area (Å²) in [6.45, 7) is 3.72. The molecule has 0 heterocycles. The van der Waals surface area contributed by atoms with Gasteiger partial charge >= 0.3 is 5.97 Å². The van der Waals surface area contributed by atoms with E-state index in [1.807, 2.05) is 13.8 Å². The van der Waals surface area contributed by atoms with Gasteiger partial charge < -0.3 is 14.6 Å². The molecule has 0 aromatic heterocycles. The summed E-state index contributed by atoms with van der Waals surface area (Å²) in [6, 6.07) is 6.71. The molecule has 0 aliphatic carbocycles. The molecule has 1 aromatic rings. The summed E-state index contributed by atoms with van der Waals surface area (Å²) in [4.78, 5) is 11.4. The molecule has 0 amide bonds. The summed E-state index contributed by atoms with van der Waals surface area (Å²) in [5.41, 5.74) is 0.449. The number of esters is 1. The van der Waals surface area contributed by atoms with E-state index in [1.165, 1.54) is 0 Å². The molecular formula is C12H16O4. The molecule has 0 aliphatic heterocycles. The Morgan fingerprint density at radius 1 is 1.31 bits per heavy atom. The van der Waals surface area contributed by atoms with Crippen LogP contribution in [-0.4, -0.2) is 30.4 Å². The number of aliphatic hydroxyl groups is 1. The van der Waals surface area contributed by atoms with Crippen molar-refractivity contribution in [3.63, 3.8) is 0 Å². The summed E-state index contributed by atoms with van der Waals surface area (Å²) in [7, 11) is 0. The van der Waals surface area contributed by atoms with Crippen LogP contribution in [0.2, 0.25) is 0 Å². The monoisotopic (exact) mass is 224 g/mol. The molecule has 4 heteroatoms. The quantitative estimate of drug-likeness (QED) is 0.772. The van der Waals surface area contributed by atoms with Crippen LogP contribution in [0.4, 0.5) is 0 Å². The average Bonchev–Trinajstić information content (AvgIpc) is 2.26. The normalized spacial score (nSPS) is 10.2. The summed E-state index contributed by atoms with van der Waals surface area (Å²) < 4.78 is 10.2. The number of aliphatic hydroxyl groups excluding tert-OH is 1. The molecular weight excluding hydrogens is 208 g/mol. The van der Waals surface area contributed by atoms with E-state index in [-0.39, 0.29) is 19.3 Å². The third kappa shape index (κ3) is 3.90. The van der Waals surface area contributed by atoms with E-state index < -0.39 is 5.97 Å². The topological polar surface area (TPSA) is 55.8 Å². The van der Waals surface area contributed by atoms with Crippen molar-refractivity contribution in [2.45, 2.75) is 20.0 Å². The first-order valence-electron chi connectivity index (χ1n) is 5.18. The van der Waals surface area contributed by atoms with E-state index in [0.717, 1.165) is 0 Å². The van der Waals surface area contributed by atoms with Gasteiger partial charge in [0.2, 0.25) is 0 Å². The van der Waals surface area contributed by atoms with Gasteiger partial charge in [-0.3, -0.25) is 0 Å². The molecule has 0 fully saturated rings. The number of carbonyl (C=O) groups is 1. The second-order valence-corrected chi connectivity index (χ2v) is 3.55. The van der Waals surface area contributed by atoms with Crippen LogP contribution in [0.15, 0.2) is 24.3 Å². The molecule has 1 N–H and O–H groups in total. The largest absolute Gasteiger partial charge is 0.491 e. The van der Waals surface area contributed by atoms with Gasteiger partial charge in [0.05, 0.1) is 18.3 Å². The van der Waals surface area contributed by atoms with E-state index in [9.17, 15) is 4.79 Å². The van der Waals surface area contributed by atoms with Crippen molar-refractivity contribution in [2.24, 2.45) is 0 Å². The highest BCUT2D eigenvalue weighted by Gasteiger charge is 2.06. The Labute approximate surface area is 94.8 Å². The molecule has 16 heavy (non-hydrogen) atoms. The fourth-order valence-corrected chi connectivity index (χ4v) is 1.16. The SMILES string of the molecule is CC(C)Oc1ccc(C(=O)OCCO)cc1. The van der Waals surface area contributed by atoms with Crippen LogP contribution in [0.5, 0.6) is 5.75 Å². The predicted octanol–water partition coefficient (Wildman–Crippen LogP) is 1.62.